The number of benzene rings is 2. The van der Waals surface area contributed by atoms with Crippen molar-refractivity contribution >= 4 is 5.91 Å². The van der Waals surface area contributed by atoms with Gasteiger partial charge in [-0.15, -0.1) is 0 Å². The summed E-state index contributed by atoms with van der Waals surface area (Å²) in [6.07, 6.45) is 3.86. The molecule has 4 rings (SSSR count). The minimum absolute atomic E-state index is 0.0265. The highest BCUT2D eigenvalue weighted by Crippen LogP contribution is 2.30. The van der Waals surface area contributed by atoms with Crippen LogP contribution in [-0.4, -0.2) is 32.5 Å². The first-order chi connectivity index (χ1) is 12.3. The van der Waals surface area contributed by atoms with Gasteiger partial charge in [-0.2, -0.15) is 5.10 Å². The van der Waals surface area contributed by atoms with Gasteiger partial charge in [0.25, 0.3) is 0 Å². The zero-order chi connectivity index (χ0) is 17.1. The van der Waals surface area contributed by atoms with Crippen LogP contribution in [0.1, 0.15) is 30.3 Å². The van der Waals surface area contributed by atoms with Gasteiger partial charge in [0, 0.05) is 6.54 Å². The highest BCUT2D eigenvalue weighted by Gasteiger charge is 2.31. The number of carbonyl (C=O) groups excluding carboxylic acids is 1. The minimum atomic E-state index is 0.0265. The number of hydrogen-bond donors (Lipinski definition) is 1. The van der Waals surface area contributed by atoms with Crippen molar-refractivity contribution in [3.8, 4) is 11.1 Å². The van der Waals surface area contributed by atoms with Crippen molar-refractivity contribution < 1.29 is 4.79 Å². The van der Waals surface area contributed by atoms with E-state index in [1.54, 1.807) is 0 Å². The third kappa shape index (κ3) is 3.31. The third-order valence-corrected chi connectivity index (χ3v) is 4.74. The number of rotatable bonds is 4. The molecule has 5 nitrogen and oxygen atoms in total. The van der Waals surface area contributed by atoms with Gasteiger partial charge in [-0.05, 0) is 29.5 Å². The molecule has 0 radical (unpaired) electrons. The molecule has 2 aromatic carbocycles. The number of nitrogens with one attached hydrogen (secondary N) is 1. The molecule has 0 spiro atoms. The molecule has 0 saturated carbocycles. The zero-order valence-electron chi connectivity index (χ0n) is 13.9. The summed E-state index contributed by atoms with van der Waals surface area (Å²) in [6, 6.07) is 18.5. The smallest absolute Gasteiger partial charge is 0.227 e. The molecule has 1 N–H and O–H groups in total. The van der Waals surface area contributed by atoms with E-state index < -0.39 is 0 Å². The largest absolute Gasteiger partial charge is 0.332 e. The average Bonchev–Trinajstić information content (AvgIpc) is 3.34. The number of nitrogens with zero attached hydrogens (tertiary/aromatic N) is 3. The second kappa shape index (κ2) is 6.89. The summed E-state index contributed by atoms with van der Waals surface area (Å²) in [7, 11) is 0. The Balaban J connectivity index is 1.46. The van der Waals surface area contributed by atoms with Crippen molar-refractivity contribution in [2.45, 2.75) is 25.3 Å². The van der Waals surface area contributed by atoms with Crippen LogP contribution >= 0.6 is 0 Å². The number of aromatic amines is 1. The van der Waals surface area contributed by atoms with E-state index in [1.165, 1.54) is 11.9 Å². The molecule has 1 aliphatic heterocycles. The predicted molar refractivity (Wildman–Crippen MR) is 95.7 cm³/mol. The van der Waals surface area contributed by atoms with Crippen molar-refractivity contribution in [3.63, 3.8) is 0 Å². The Bertz CT molecular complexity index is 828. The van der Waals surface area contributed by atoms with E-state index in [4.69, 9.17) is 0 Å². The SMILES string of the molecule is O=C(Cc1ccc(-c2ccccc2)cc1)N1CCCC1c1ncn[nH]1. The normalized spacial score (nSPS) is 17.0. The zero-order valence-corrected chi connectivity index (χ0v) is 13.9. The number of likely N-dealkylation sites (tertiary alicyclic amines) is 1. The van der Waals surface area contributed by atoms with E-state index in [-0.39, 0.29) is 11.9 Å². The van der Waals surface area contributed by atoms with Gasteiger partial charge in [0.1, 0.15) is 12.2 Å². The van der Waals surface area contributed by atoms with Crippen molar-refractivity contribution in [2.24, 2.45) is 0 Å². The van der Waals surface area contributed by atoms with Crippen molar-refractivity contribution in [1.82, 2.24) is 20.1 Å². The second-order valence-corrected chi connectivity index (χ2v) is 6.36. The van der Waals surface area contributed by atoms with E-state index in [9.17, 15) is 4.79 Å². The molecule has 3 aromatic rings. The maximum absolute atomic E-state index is 12.7. The molecule has 1 fully saturated rings. The van der Waals surface area contributed by atoms with Crippen molar-refractivity contribution in [1.29, 1.82) is 0 Å². The topological polar surface area (TPSA) is 61.9 Å². The summed E-state index contributed by atoms with van der Waals surface area (Å²) in [4.78, 5) is 18.9. The molecule has 2 heterocycles. The van der Waals surface area contributed by atoms with Gasteiger partial charge in [-0.25, -0.2) is 4.98 Å². The highest BCUT2D eigenvalue weighted by molar-refractivity contribution is 5.79. The Morgan fingerprint density at radius 2 is 1.84 bits per heavy atom. The quantitative estimate of drug-likeness (QED) is 0.797. The van der Waals surface area contributed by atoms with Crippen molar-refractivity contribution in [3.05, 3.63) is 72.3 Å². The molecule has 1 saturated heterocycles. The molecule has 0 aliphatic carbocycles. The van der Waals surface area contributed by atoms with Gasteiger partial charge in [0.05, 0.1) is 12.5 Å². The Labute approximate surface area is 146 Å². The molecule has 25 heavy (non-hydrogen) atoms. The summed E-state index contributed by atoms with van der Waals surface area (Å²) in [5.41, 5.74) is 3.38. The van der Waals surface area contributed by atoms with Crippen LogP contribution in [0.3, 0.4) is 0 Å². The van der Waals surface area contributed by atoms with E-state index >= 15 is 0 Å². The van der Waals surface area contributed by atoms with Crippen LogP contribution in [0.4, 0.5) is 0 Å². The summed E-state index contributed by atoms with van der Waals surface area (Å²) in [6.45, 7) is 0.784. The first-order valence-electron chi connectivity index (χ1n) is 8.60. The van der Waals surface area contributed by atoms with Gasteiger partial charge in [0.15, 0.2) is 0 Å². The van der Waals surface area contributed by atoms with E-state index in [2.05, 4.69) is 39.4 Å². The monoisotopic (exact) mass is 332 g/mol. The van der Waals surface area contributed by atoms with Crippen molar-refractivity contribution in [2.75, 3.05) is 6.54 Å². The van der Waals surface area contributed by atoms with Gasteiger partial charge >= 0.3 is 0 Å². The summed E-state index contributed by atoms with van der Waals surface area (Å²) >= 11 is 0. The molecule has 1 amide bonds. The lowest BCUT2D eigenvalue weighted by atomic mass is 10.0. The molecule has 1 atom stereocenters. The van der Waals surface area contributed by atoms with E-state index in [1.807, 2.05) is 35.2 Å². The van der Waals surface area contributed by atoms with Gasteiger partial charge in [0.2, 0.25) is 5.91 Å². The maximum Gasteiger partial charge on any atom is 0.227 e. The molecule has 1 aliphatic rings. The number of H-pyrrole nitrogens is 1. The third-order valence-electron chi connectivity index (χ3n) is 4.74. The Hall–Kier alpha value is -2.95. The lowest BCUT2D eigenvalue weighted by Crippen LogP contribution is -2.32. The molecule has 126 valence electrons. The molecular weight excluding hydrogens is 312 g/mol. The highest BCUT2D eigenvalue weighted by atomic mass is 16.2. The number of amides is 1. The fourth-order valence-corrected chi connectivity index (χ4v) is 3.45. The predicted octanol–water partition coefficient (Wildman–Crippen LogP) is 3.38. The fourth-order valence-electron chi connectivity index (χ4n) is 3.45. The van der Waals surface area contributed by atoms with E-state index in [0.29, 0.717) is 6.42 Å². The fraction of sp³-hybridized carbons (Fsp3) is 0.250. The average molecular weight is 332 g/mol. The van der Waals surface area contributed by atoms with Gasteiger partial charge in [-0.3, -0.25) is 9.89 Å². The molecule has 5 heteroatoms. The maximum atomic E-state index is 12.7. The summed E-state index contributed by atoms with van der Waals surface area (Å²) < 4.78 is 0. The molecule has 1 unspecified atom stereocenters. The van der Waals surface area contributed by atoms with Gasteiger partial charge in [-0.1, -0.05) is 54.6 Å². The minimum Gasteiger partial charge on any atom is -0.332 e. The van der Waals surface area contributed by atoms with Crippen LogP contribution in [-0.2, 0) is 11.2 Å². The molecule has 1 aromatic heterocycles. The van der Waals surface area contributed by atoms with Gasteiger partial charge < -0.3 is 4.90 Å². The van der Waals surface area contributed by atoms with Crippen LogP contribution < -0.4 is 0 Å². The van der Waals surface area contributed by atoms with Crippen LogP contribution in [0.25, 0.3) is 11.1 Å². The number of hydrogen-bond acceptors (Lipinski definition) is 3. The Morgan fingerprint density at radius 1 is 1.08 bits per heavy atom. The van der Waals surface area contributed by atoms with Crippen LogP contribution in [0.15, 0.2) is 60.9 Å². The lowest BCUT2D eigenvalue weighted by molar-refractivity contribution is -0.131. The number of aromatic nitrogens is 3. The first-order valence-corrected chi connectivity index (χ1v) is 8.60. The van der Waals surface area contributed by atoms with Crippen LogP contribution in [0.5, 0.6) is 0 Å². The first kappa shape index (κ1) is 15.6. The molecule has 0 bridgehead atoms. The lowest BCUT2D eigenvalue weighted by Gasteiger charge is -2.23. The summed E-state index contributed by atoms with van der Waals surface area (Å²) in [5, 5.41) is 6.81. The Kier molecular flexibility index (Phi) is 4.29. The summed E-state index contributed by atoms with van der Waals surface area (Å²) in [5.74, 6) is 0.927. The van der Waals surface area contributed by atoms with Crippen LogP contribution in [0, 0.1) is 0 Å². The van der Waals surface area contributed by atoms with Crippen LogP contribution in [0.2, 0.25) is 0 Å². The molecular formula is C20H20N4O. The Morgan fingerprint density at radius 3 is 2.56 bits per heavy atom. The number of carbonyl (C=O) groups is 1. The standard InChI is InChI=1S/C20H20N4O/c25-19(24-12-4-7-18(24)20-21-14-22-23-20)13-15-8-10-17(11-9-15)16-5-2-1-3-6-16/h1-3,5-6,8-11,14,18H,4,7,12-13H2,(H,21,22,23). The second-order valence-electron chi connectivity index (χ2n) is 6.36. The van der Waals surface area contributed by atoms with E-state index in [0.717, 1.165) is 36.3 Å².